The molecule has 0 aromatic carbocycles. The normalized spacial score (nSPS) is 39.1. The zero-order valence-electron chi connectivity index (χ0n) is 9.48. The molecule has 4 N–H and O–H groups in total. The third-order valence-corrected chi connectivity index (χ3v) is 3.59. The zero-order chi connectivity index (χ0) is 11.6. The average Bonchev–Trinajstić information content (AvgIpc) is 2.85. The molecule has 16 heavy (non-hydrogen) atoms. The summed E-state index contributed by atoms with van der Waals surface area (Å²) in [5.74, 6) is 0.0872. The minimum absolute atomic E-state index is 0.0816. The van der Waals surface area contributed by atoms with E-state index in [2.05, 4.69) is 0 Å². The SMILES string of the molecule is NC(=O)C1(N)CCC(OCC2CCOC2)C1. The van der Waals surface area contributed by atoms with Crippen LogP contribution in [0.5, 0.6) is 0 Å². The predicted molar refractivity (Wildman–Crippen MR) is 58.6 cm³/mol. The maximum absolute atomic E-state index is 11.2. The van der Waals surface area contributed by atoms with Gasteiger partial charge in [-0.3, -0.25) is 4.79 Å². The molecule has 0 aromatic heterocycles. The monoisotopic (exact) mass is 228 g/mol. The maximum atomic E-state index is 11.2. The van der Waals surface area contributed by atoms with E-state index in [1.54, 1.807) is 0 Å². The summed E-state index contributed by atoms with van der Waals surface area (Å²) >= 11 is 0. The highest BCUT2D eigenvalue weighted by Gasteiger charge is 2.41. The van der Waals surface area contributed by atoms with Gasteiger partial charge in [0.1, 0.15) is 0 Å². The van der Waals surface area contributed by atoms with Crippen LogP contribution < -0.4 is 11.5 Å². The quantitative estimate of drug-likeness (QED) is 0.696. The number of nitrogens with two attached hydrogens (primary N) is 2. The van der Waals surface area contributed by atoms with E-state index in [-0.39, 0.29) is 6.10 Å². The van der Waals surface area contributed by atoms with E-state index in [0.717, 1.165) is 26.1 Å². The highest BCUT2D eigenvalue weighted by Crippen LogP contribution is 2.30. The van der Waals surface area contributed by atoms with Crippen molar-refractivity contribution in [1.82, 2.24) is 0 Å². The van der Waals surface area contributed by atoms with E-state index in [9.17, 15) is 4.79 Å². The molecular weight excluding hydrogens is 208 g/mol. The molecule has 1 saturated carbocycles. The molecule has 2 fully saturated rings. The minimum Gasteiger partial charge on any atom is -0.381 e. The van der Waals surface area contributed by atoms with E-state index < -0.39 is 11.4 Å². The lowest BCUT2D eigenvalue weighted by Gasteiger charge is -2.20. The predicted octanol–water partition coefficient (Wildman–Crippen LogP) is -0.225. The molecule has 0 bridgehead atoms. The number of rotatable bonds is 4. The Morgan fingerprint density at radius 2 is 2.31 bits per heavy atom. The molecule has 1 aliphatic heterocycles. The summed E-state index contributed by atoms with van der Waals surface area (Å²) in [7, 11) is 0. The minimum atomic E-state index is -0.850. The summed E-state index contributed by atoms with van der Waals surface area (Å²) in [6, 6.07) is 0. The summed E-state index contributed by atoms with van der Waals surface area (Å²) in [5.41, 5.74) is 10.3. The van der Waals surface area contributed by atoms with Gasteiger partial charge in [-0.05, 0) is 19.3 Å². The van der Waals surface area contributed by atoms with Crippen molar-refractivity contribution in [1.29, 1.82) is 0 Å². The highest BCUT2D eigenvalue weighted by atomic mass is 16.5. The summed E-state index contributed by atoms with van der Waals surface area (Å²) in [5, 5.41) is 0. The first kappa shape index (κ1) is 11.8. The molecule has 3 unspecified atom stereocenters. The van der Waals surface area contributed by atoms with E-state index in [1.807, 2.05) is 0 Å². The number of carbonyl (C=O) groups excluding carboxylic acids is 1. The fraction of sp³-hybridized carbons (Fsp3) is 0.909. The largest absolute Gasteiger partial charge is 0.381 e. The Bertz CT molecular complexity index is 266. The van der Waals surface area contributed by atoms with Crippen LogP contribution in [0.1, 0.15) is 25.7 Å². The van der Waals surface area contributed by atoms with Crippen LogP contribution in [0, 0.1) is 5.92 Å². The van der Waals surface area contributed by atoms with E-state index in [0.29, 0.717) is 25.4 Å². The number of hydrogen-bond acceptors (Lipinski definition) is 4. The highest BCUT2D eigenvalue weighted by molar-refractivity contribution is 5.84. The van der Waals surface area contributed by atoms with Crippen molar-refractivity contribution in [3.05, 3.63) is 0 Å². The Morgan fingerprint density at radius 3 is 2.88 bits per heavy atom. The molecule has 1 saturated heterocycles. The first-order chi connectivity index (χ1) is 7.60. The third kappa shape index (κ3) is 2.53. The van der Waals surface area contributed by atoms with E-state index in [1.165, 1.54) is 0 Å². The number of carbonyl (C=O) groups is 1. The summed E-state index contributed by atoms with van der Waals surface area (Å²) in [6.45, 7) is 2.33. The lowest BCUT2D eigenvalue weighted by atomic mass is 9.99. The van der Waals surface area contributed by atoms with Crippen LogP contribution in [0.15, 0.2) is 0 Å². The van der Waals surface area contributed by atoms with Crippen molar-refractivity contribution in [2.75, 3.05) is 19.8 Å². The Kier molecular flexibility index (Phi) is 3.47. The van der Waals surface area contributed by atoms with Gasteiger partial charge in [-0.1, -0.05) is 0 Å². The Labute approximate surface area is 95.4 Å². The number of hydrogen-bond donors (Lipinski definition) is 2. The molecule has 5 nitrogen and oxygen atoms in total. The molecule has 3 atom stereocenters. The van der Waals surface area contributed by atoms with Gasteiger partial charge in [-0.15, -0.1) is 0 Å². The number of primary amides is 1. The lowest BCUT2D eigenvalue weighted by molar-refractivity contribution is -0.123. The van der Waals surface area contributed by atoms with Crippen molar-refractivity contribution < 1.29 is 14.3 Å². The van der Waals surface area contributed by atoms with Crippen LogP contribution in [0.4, 0.5) is 0 Å². The molecule has 2 rings (SSSR count). The van der Waals surface area contributed by atoms with Crippen molar-refractivity contribution in [3.8, 4) is 0 Å². The number of ether oxygens (including phenoxy) is 2. The molecule has 5 heteroatoms. The molecule has 1 heterocycles. The molecule has 0 aromatic rings. The smallest absolute Gasteiger partial charge is 0.237 e. The van der Waals surface area contributed by atoms with Gasteiger partial charge in [-0.2, -0.15) is 0 Å². The number of amides is 1. The third-order valence-electron chi connectivity index (χ3n) is 3.59. The van der Waals surface area contributed by atoms with E-state index in [4.69, 9.17) is 20.9 Å². The molecule has 0 spiro atoms. The maximum Gasteiger partial charge on any atom is 0.237 e. The lowest BCUT2D eigenvalue weighted by Crippen LogP contribution is -2.50. The second kappa shape index (κ2) is 4.69. The summed E-state index contributed by atoms with van der Waals surface area (Å²) < 4.78 is 11.0. The van der Waals surface area contributed by atoms with Crippen molar-refractivity contribution >= 4 is 5.91 Å². The molecule has 1 aliphatic carbocycles. The van der Waals surface area contributed by atoms with Gasteiger partial charge in [0.15, 0.2) is 0 Å². The van der Waals surface area contributed by atoms with Crippen molar-refractivity contribution in [2.24, 2.45) is 17.4 Å². The van der Waals surface area contributed by atoms with Gasteiger partial charge in [0, 0.05) is 18.9 Å². The van der Waals surface area contributed by atoms with Crippen LogP contribution >= 0.6 is 0 Å². The van der Waals surface area contributed by atoms with Gasteiger partial charge < -0.3 is 20.9 Å². The van der Waals surface area contributed by atoms with Crippen molar-refractivity contribution in [2.45, 2.75) is 37.3 Å². The summed E-state index contributed by atoms with van der Waals surface area (Å²) in [6.07, 6.45) is 3.16. The van der Waals surface area contributed by atoms with Gasteiger partial charge in [0.25, 0.3) is 0 Å². The first-order valence-electron chi connectivity index (χ1n) is 5.88. The first-order valence-corrected chi connectivity index (χ1v) is 5.88. The van der Waals surface area contributed by atoms with Crippen LogP contribution in [-0.2, 0) is 14.3 Å². The fourth-order valence-electron chi connectivity index (χ4n) is 2.38. The molecule has 2 aliphatic rings. The second-order valence-electron chi connectivity index (χ2n) is 4.95. The molecule has 1 amide bonds. The van der Waals surface area contributed by atoms with Crippen LogP contribution in [0.3, 0.4) is 0 Å². The molecule has 0 radical (unpaired) electrons. The van der Waals surface area contributed by atoms with E-state index >= 15 is 0 Å². The Balaban J connectivity index is 1.74. The van der Waals surface area contributed by atoms with Gasteiger partial charge in [0.05, 0.1) is 24.9 Å². The van der Waals surface area contributed by atoms with Crippen LogP contribution in [0.25, 0.3) is 0 Å². The van der Waals surface area contributed by atoms with Crippen LogP contribution in [-0.4, -0.2) is 37.4 Å². The van der Waals surface area contributed by atoms with Gasteiger partial charge in [-0.25, -0.2) is 0 Å². The zero-order valence-corrected chi connectivity index (χ0v) is 9.48. The molecule has 92 valence electrons. The van der Waals surface area contributed by atoms with Crippen molar-refractivity contribution in [3.63, 3.8) is 0 Å². The van der Waals surface area contributed by atoms with Crippen LogP contribution in [0.2, 0.25) is 0 Å². The molecular formula is C11H20N2O3. The summed E-state index contributed by atoms with van der Waals surface area (Å²) in [4.78, 5) is 11.2. The fourth-order valence-corrected chi connectivity index (χ4v) is 2.38. The standard InChI is InChI=1S/C11H20N2O3/c12-10(14)11(13)3-1-9(5-11)16-7-8-2-4-15-6-8/h8-9H,1-7,13H2,(H2,12,14). The topological polar surface area (TPSA) is 87.6 Å². The Morgan fingerprint density at radius 1 is 1.50 bits per heavy atom. The second-order valence-corrected chi connectivity index (χ2v) is 4.95. The van der Waals surface area contributed by atoms with Gasteiger partial charge in [0.2, 0.25) is 5.91 Å². The average molecular weight is 228 g/mol. The van der Waals surface area contributed by atoms with Gasteiger partial charge >= 0.3 is 0 Å². The Hall–Kier alpha value is -0.650.